The zero-order valence-electron chi connectivity index (χ0n) is 32.9. The minimum Gasteiger partial charge on any atom is -0.508 e. The molecule has 0 saturated carbocycles. The molecule has 0 aromatic heterocycles. The summed E-state index contributed by atoms with van der Waals surface area (Å²) in [7, 11) is 0. The Kier molecular flexibility index (Phi) is 9.91. The van der Waals surface area contributed by atoms with Gasteiger partial charge in [0.1, 0.15) is 82.3 Å². The highest BCUT2D eigenvalue weighted by Gasteiger charge is 2.52. The molecular formula is C45H44O18. The van der Waals surface area contributed by atoms with Gasteiger partial charge in [-0.1, -0.05) is 0 Å². The van der Waals surface area contributed by atoms with Gasteiger partial charge in [-0.15, -0.1) is 0 Å². The molecule has 3 aromatic rings. The van der Waals surface area contributed by atoms with Gasteiger partial charge in [0, 0.05) is 76.3 Å². The first kappa shape index (κ1) is 41.3. The number of hydrogen-bond acceptors (Lipinski definition) is 18. The molecular weight excluding hydrogens is 828 g/mol. The second-order valence-electron chi connectivity index (χ2n) is 16.7. The normalized spacial score (nSPS) is 31.1. The van der Waals surface area contributed by atoms with Gasteiger partial charge in [0.15, 0.2) is 34.6 Å². The van der Waals surface area contributed by atoms with Crippen LogP contribution in [0.5, 0.6) is 51.7 Å². The Morgan fingerprint density at radius 2 is 0.825 bits per heavy atom. The maximum atomic E-state index is 12.6. The molecule has 6 aliphatic rings. The number of phenols is 6. The molecule has 18 nitrogen and oxygen atoms in total. The van der Waals surface area contributed by atoms with E-state index in [9.17, 15) is 76.6 Å². The minimum atomic E-state index is -1.81. The highest BCUT2D eigenvalue weighted by atomic mass is 16.5. The summed E-state index contributed by atoms with van der Waals surface area (Å²) in [6.45, 7) is 0. The summed E-state index contributed by atoms with van der Waals surface area (Å²) in [5, 5.41) is 167. The van der Waals surface area contributed by atoms with Crippen LogP contribution in [0.15, 0.2) is 95.3 Å². The molecule has 18 heteroatoms. The van der Waals surface area contributed by atoms with Crippen LogP contribution >= 0.6 is 0 Å². The number of rotatable bonds is 5. The third-order valence-corrected chi connectivity index (χ3v) is 12.9. The van der Waals surface area contributed by atoms with Gasteiger partial charge < -0.3 is 90.8 Å². The predicted molar refractivity (Wildman–Crippen MR) is 217 cm³/mol. The van der Waals surface area contributed by atoms with Crippen LogP contribution < -0.4 is 14.2 Å². The topological polar surface area (TPSA) is 331 Å². The number of aliphatic hydroxyl groups excluding tert-OH is 9. The van der Waals surface area contributed by atoms with Crippen molar-refractivity contribution in [1.82, 2.24) is 0 Å². The van der Waals surface area contributed by atoms with Gasteiger partial charge in [-0.3, -0.25) is 0 Å². The quantitative estimate of drug-likeness (QED) is 0.164. The number of phenolic OH excluding ortho intramolecular Hbond substituents is 6. The van der Waals surface area contributed by atoms with Crippen LogP contribution in [0.1, 0.15) is 58.9 Å². The highest BCUT2D eigenvalue weighted by Crippen LogP contribution is 2.61. The maximum Gasteiger partial charge on any atom is 0.153 e. The van der Waals surface area contributed by atoms with Gasteiger partial charge in [-0.2, -0.15) is 0 Å². The monoisotopic (exact) mass is 872 g/mol. The van der Waals surface area contributed by atoms with Gasteiger partial charge in [0.25, 0.3) is 0 Å². The van der Waals surface area contributed by atoms with Crippen molar-refractivity contribution in [2.24, 2.45) is 17.8 Å². The van der Waals surface area contributed by atoms with E-state index in [1.807, 2.05) is 0 Å². The highest BCUT2D eigenvalue weighted by molar-refractivity contribution is 5.70. The first-order valence-corrected chi connectivity index (χ1v) is 20.1. The van der Waals surface area contributed by atoms with E-state index >= 15 is 0 Å². The standard InChI is InChI=1S/C45H44O18/c46-18-10-27(54)33-32(11-18)61-42(16-2-5-21(48)25(52)8-16)39(59)37(33)35-29(56)14-30(57)36-38(40(60)43(63-45(35)36)17-3-6-22(49)26(53)9-17)34-28(55)13-23(50)19-12-31(58)41(62-44(19)34)15-1-4-20(47)24(51)7-15/h4-11,13-17,31,37-43,46-60H,1-3,12H2/t15?,16?,17?,31-,37-,38+,39-,40-,41-,42-,43-/m1/s1. The number of ether oxygens (including phenoxy) is 3. The average molecular weight is 873 g/mol. The molecule has 3 aliphatic heterocycles. The Balaban J connectivity index is 1.27. The van der Waals surface area contributed by atoms with Crippen molar-refractivity contribution in [3.05, 3.63) is 123 Å². The number of allylic oxidation sites excluding steroid dienone is 3. The molecule has 11 atom stereocenters. The van der Waals surface area contributed by atoms with E-state index in [1.54, 1.807) is 0 Å². The van der Waals surface area contributed by atoms with E-state index in [1.165, 1.54) is 36.5 Å². The van der Waals surface area contributed by atoms with Crippen LogP contribution in [0, 0.1) is 17.8 Å². The Labute approximate surface area is 356 Å². The summed E-state index contributed by atoms with van der Waals surface area (Å²) >= 11 is 0. The Morgan fingerprint density at radius 3 is 1.33 bits per heavy atom. The van der Waals surface area contributed by atoms with Crippen molar-refractivity contribution in [1.29, 1.82) is 0 Å². The molecule has 3 heterocycles. The molecule has 0 fully saturated rings. The third kappa shape index (κ3) is 6.68. The fourth-order valence-corrected chi connectivity index (χ4v) is 9.90. The van der Waals surface area contributed by atoms with Gasteiger partial charge >= 0.3 is 0 Å². The summed E-state index contributed by atoms with van der Waals surface area (Å²) in [6.07, 6.45) is -1.45. The molecule has 15 N–H and O–H groups in total. The zero-order valence-corrected chi connectivity index (χ0v) is 32.9. The molecule has 0 saturated heterocycles. The summed E-state index contributed by atoms with van der Waals surface area (Å²) < 4.78 is 19.1. The molecule has 332 valence electrons. The molecule has 0 amide bonds. The van der Waals surface area contributed by atoms with Crippen LogP contribution in [0.2, 0.25) is 0 Å². The van der Waals surface area contributed by atoms with Crippen LogP contribution in [0.25, 0.3) is 0 Å². The second kappa shape index (κ2) is 15.1. The molecule has 0 bridgehead atoms. The van der Waals surface area contributed by atoms with Crippen molar-refractivity contribution in [2.45, 2.75) is 74.1 Å². The molecule has 63 heavy (non-hydrogen) atoms. The van der Waals surface area contributed by atoms with Crippen molar-refractivity contribution in [3.8, 4) is 51.7 Å². The first-order valence-electron chi connectivity index (χ1n) is 20.1. The number of benzene rings is 3. The average Bonchev–Trinajstić information content (AvgIpc) is 3.22. The van der Waals surface area contributed by atoms with Gasteiger partial charge in [0.2, 0.25) is 0 Å². The number of aromatic hydroxyl groups is 6. The SMILES string of the molecule is OC1=CCC([C@H]2Oc3c(c(O)cc(O)c3[C@H]3c4c(O)cc(O)cc4O[C@H](C4C=C(O)C(O)=CC4)[C@@H]3O)[C@H](c3c(O)cc(O)c4c3O[C@H](C3C=C(O)C(O)=CC3)[C@H](O)C4)[C@H]2O)C=C1O. The number of hydrogen-bond donors (Lipinski definition) is 15. The lowest BCUT2D eigenvalue weighted by Crippen LogP contribution is -2.48. The van der Waals surface area contributed by atoms with E-state index in [-0.39, 0.29) is 70.8 Å². The van der Waals surface area contributed by atoms with E-state index in [4.69, 9.17) is 14.2 Å². The summed E-state index contributed by atoms with van der Waals surface area (Å²) in [4.78, 5) is 0. The van der Waals surface area contributed by atoms with Crippen LogP contribution in [-0.2, 0) is 6.42 Å². The van der Waals surface area contributed by atoms with Crippen molar-refractivity contribution >= 4 is 0 Å². The third-order valence-electron chi connectivity index (χ3n) is 12.9. The number of fused-ring (bicyclic) bond motifs is 3. The van der Waals surface area contributed by atoms with E-state index in [2.05, 4.69) is 0 Å². The fraction of sp³-hybridized carbons (Fsp3) is 0.333. The van der Waals surface area contributed by atoms with Crippen molar-refractivity contribution < 1.29 is 90.8 Å². The molecule has 3 aliphatic carbocycles. The first-order chi connectivity index (χ1) is 29.9. The second-order valence-corrected chi connectivity index (χ2v) is 16.7. The predicted octanol–water partition coefficient (Wildman–Crippen LogP) is 4.80. The van der Waals surface area contributed by atoms with Gasteiger partial charge in [-0.25, -0.2) is 0 Å². The Bertz CT molecular complexity index is 2600. The minimum absolute atomic E-state index is 0.0162. The summed E-state index contributed by atoms with van der Waals surface area (Å²) in [6, 6.07) is 3.95. The van der Waals surface area contributed by atoms with Gasteiger partial charge in [-0.05, 0) is 55.7 Å². The smallest absolute Gasteiger partial charge is 0.153 e. The Hall–Kier alpha value is -7.02. The molecule has 3 unspecified atom stereocenters. The van der Waals surface area contributed by atoms with Crippen LogP contribution in [-0.4, -0.2) is 113 Å². The lowest BCUT2D eigenvalue weighted by Gasteiger charge is -2.45. The summed E-state index contributed by atoms with van der Waals surface area (Å²) in [5.74, 6) is -13.1. The van der Waals surface area contributed by atoms with E-state index in [0.29, 0.717) is 0 Å². The molecule has 0 spiro atoms. The maximum absolute atomic E-state index is 12.6. The van der Waals surface area contributed by atoms with Crippen LogP contribution in [0.3, 0.4) is 0 Å². The van der Waals surface area contributed by atoms with E-state index < -0.39 is 135 Å². The molecule has 9 rings (SSSR count). The number of aliphatic hydroxyl groups is 9. The molecule has 0 radical (unpaired) electrons. The summed E-state index contributed by atoms with van der Waals surface area (Å²) in [5.41, 5.74) is -1.02. The fourth-order valence-electron chi connectivity index (χ4n) is 9.90. The zero-order chi connectivity index (χ0) is 44.9. The Morgan fingerprint density at radius 1 is 0.413 bits per heavy atom. The van der Waals surface area contributed by atoms with Crippen molar-refractivity contribution in [2.75, 3.05) is 0 Å². The van der Waals surface area contributed by atoms with Gasteiger partial charge in [0.05, 0.1) is 17.9 Å². The molecule has 3 aromatic carbocycles. The lowest BCUT2D eigenvalue weighted by molar-refractivity contribution is -0.0258. The largest absolute Gasteiger partial charge is 0.508 e. The van der Waals surface area contributed by atoms with Crippen molar-refractivity contribution in [3.63, 3.8) is 0 Å². The lowest BCUT2D eigenvalue weighted by atomic mass is 9.71. The van der Waals surface area contributed by atoms with Crippen LogP contribution in [0.4, 0.5) is 0 Å². The van der Waals surface area contributed by atoms with E-state index in [0.717, 1.165) is 24.3 Å².